The minimum atomic E-state index is -3.27. The van der Waals surface area contributed by atoms with Crippen molar-refractivity contribution < 1.29 is 8.42 Å². The minimum absolute atomic E-state index is 0.0870. The first kappa shape index (κ1) is 16.2. The maximum absolute atomic E-state index is 12.3. The third-order valence-electron chi connectivity index (χ3n) is 4.44. The molecule has 5 nitrogen and oxygen atoms in total. The molecular formula is C14H29N3O2S. The fourth-order valence-corrected chi connectivity index (χ4v) is 4.34. The first-order valence-electron chi connectivity index (χ1n) is 8.01. The van der Waals surface area contributed by atoms with Gasteiger partial charge in [0.05, 0.1) is 0 Å². The average molecular weight is 303 g/mol. The van der Waals surface area contributed by atoms with Crippen molar-refractivity contribution in [3.63, 3.8) is 0 Å². The predicted molar refractivity (Wildman–Crippen MR) is 81.7 cm³/mol. The Morgan fingerprint density at radius 1 is 1.20 bits per heavy atom. The van der Waals surface area contributed by atoms with Gasteiger partial charge >= 0.3 is 0 Å². The summed E-state index contributed by atoms with van der Waals surface area (Å²) in [5.41, 5.74) is 0. The van der Waals surface area contributed by atoms with E-state index in [0.29, 0.717) is 24.9 Å². The van der Waals surface area contributed by atoms with Crippen LogP contribution < -0.4 is 10.0 Å². The van der Waals surface area contributed by atoms with Crippen LogP contribution in [0.2, 0.25) is 0 Å². The van der Waals surface area contributed by atoms with Crippen molar-refractivity contribution >= 4 is 10.2 Å². The average Bonchev–Trinajstić information content (AvgIpc) is 3.23. The van der Waals surface area contributed by atoms with E-state index in [1.54, 1.807) is 4.31 Å². The van der Waals surface area contributed by atoms with E-state index >= 15 is 0 Å². The first-order valence-corrected chi connectivity index (χ1v) is 9.45. The lowest BCUT2D eigenvalue weighted by molar-refractivity contribution is 0.264. The monoisotopic (exact) mass is 303 g/mol. The van der Waals surface area contributed by atoms with Crippen LogP contribution in [0.4, 0.5) is 0 Å². The van der Waals surface area contributed by atoms with Crippen molar-refractivity contribution in [1.82, 2.24) is 14.3 Å². The number of nitrogens with zero attached hydrogens (tertiary/aromatic N) is 1. The van der Waals surface area contributed by atoms with Crippen molar-refractivity contribution in [2.45, 2.75) is 52.0 Å². The molecule has 6 heteroatoms. The van der Waals surface area contributed by atoms with Gasteiger partial charge in [-0.15, -0.1) is 0 Å². The Kier molecular flexibility index (Phi) is 5.84. The lowest BCUT2D eigenvalue weighted by atomic mass is 9.98. The summed E-state index contributed by atoms with van der Waals surface area (Å²) >= 11 is 0. The van der Waals surface area contributed by atoms with Gasteiger partial charge in [-0.05, 0) is 64.0 Å². The van der Waals surface area contributed by atoms with Crippen molar-refractivity contribution in [3.05, 3.63) is 0 Å². The Morgan fingerprint density at radius 3 is 2.40 bits per heavy atom. The standard InChI is InChI=1S/C14H29N3O2S/c1-3-8-15-11-13-6-9-17(10-7-13)20(18,19)16-12(2)14-4-5-14/h12-16H,3-11H2,1-2H3. The van der Waals surface area contributed by atoms with Crippen LogP contribution in [0.25, 0.3) is 0 Å². The van der Waals surface area contributed by atoms with Crippen LogP contribution in [0.15, 0.2) is 0 Å². The van der Waals surface area contributed by atoms with Crippen LogP contribution in [0, 0.1) is 11.8 Å². The van der Waals surface area contributed by atoms with Crippen LogP contribution in [-0.2, 0) is 10.2 Å². The summed E-state index contributed by atoms with van der Waals surface area (Å²) in [7, 11) is -3.27. The van der Waals surface area contributed by atoms with Gasteiger partial charge in [0.2, 0.25) is 0 Å². The van der Waals surface area contributed by atoms with E-state index in [4.69, 9.17) is 0 Å². The van der Waals surface area contributed by atoms with E-state index in [0.717, 1.165) is 45.2 Å². The number of piperidine rings is 1. The summed E-state index contributed by atoms with van der Waals surface area (Å²) in [4.78, 5) is 0. The van der Waals surface area contributed by atoms with E-state index in [9.17, 15) is 8.42 Å². The molecule has 1 saturated heterocycles. The highest BCUT2D eigenvalue weighted by Crippen LogP contribution is 2.33. The summed E-state index contributed by atoms with van der Waals surface area (Å²) in [6.07, 6.45) is 5.41. The van der Waals surface area contributed by atoms with E-state index < -0.39 is 10.2 Å². The van der Waals surface area contributed by atoms with Gasteiger partial charge in [0.25, 0.3) is 10.2 Å². The molecule has 118 valence electrons. The summed E-state index contributed by atoms with van der Waals surface area (Å²) < 4.78 is 29.1. The Balaban J connectivity index is 1.74. The van der Waals surface area contributed by atoms with E-state index in [2.05, 4.69) is 17.0 Å². The third kappa shape index (κ3) is 4.69. The number of nitrogens with one attached hydrogen (secondary N) is 2. The molecular weight excluding hydrogens is 274 g/mol. The first-order chi connectivity index (χ1) is 9.53. The Bertz CT molecular complexity index is 387. The van der Waals surface area contributed by atoms with Gasteiger partial charge in [0.15, 0.2) is 0 Å². The number of rotatable bonds is 8. The van der Waals surface area contributed by atoms with Gasteiger partial charge in [0.1, 0.15) is 0 Å². The SMILES string of the molecule is CCCNCC1CCN(S(=O)(=O)NC(C)C2CC2)CC1. The van der Waals surface area contributed by atoms with Gasteiger partial charge in [0, 0.05) is 19.1 Å². The Labute approximate surface area is 123 Å². The van der Waals surface area contributed by atoms with Gasteiger partial charge in [-0.2, -0.15) is 17.4 Å². The van der Waals surface area contributed by atoms with Crippen molar-refractivity contribution in [2.24, 2.45) is 11.8 Å². The molecule has 1 saturated carbocycles. The minimum Gasteiger partial charge on any atom is -0.316 e. The fourth-order valence-electron chi connectivity index (χ4n) is 2.84. The molecule has 2 N–H and O–H groups in total. The van der Waals surface area contributed by atoms with Crippen molar-refractivity contribution in [2.75, 3.05) is 26.2 Å². The highest BCUT2D eigenvalue weighted by molar-refractivity contribution is 7.87. The molecule has 0 bridgehead atoms. The van der Waals surface area contributed by atoms with Crippen LogP contribution >= 0.6 is 0 Å². The third-order valence-corrected chi connectivity index (χ3v) is 6.15. The molecule has 1 unspecified atom stereocenters. The van der Waals surface area contributed by atoms with Crippen LogP contribution in [-0.4, -0.2) is 44.9 Å². The highest BCUT2D eigenvalue weighted by atomic mass is 32.2. The van der Waals surface area contributed by atoms with Gasteiger partial charge in [-0.3, -0.25) is 0 Å². The largest absolute Gasteiger partial charge is 0.316 e. The molecule has 20 heavy (non-hydrogen) atoms. The second-order valence-electron chi connectivity index (χ2n) is 6.30. The summed E-state index contributed by atoms with van der Waals surface area (Å²) in [6, 6.07) is 0.0870. The molecule has 1 aliphatic carbocycles. The Morgan fingerprint density at radius 2 is 1.85 bits per heavy atom. The zero-order chi connectivity index (χ0) is 14.6. The molecule has 0 aromatic heterocycles. The second kappa shape index (κ2) is 7.20. The summed E-state index contributed by atoms with van der Waals surface area (Å²) in [5.74, 6) is 1.18. The molecule has 0 aromatic carbocycles. The van der Waals surface area contributed by atoms with Crippen LogP contribution in [0.5, 0.6) is 0 Å². The molecule has 1 atom stereocenters. The molecule has 0 amide bonds. The van der Waals surface area contributed by atoms with Gasteiger partial charge < -0.3 is 5.32 Å². The Hall–Kier alpha value is -0.170. The summed E-state index contributed by atoms with van der Waals surface area (Å²) in [6.45, 7) is 7.54. The zero-order valence-corrected chi connectivity index (χ0v) is 13.6. The topological polar surface area (TPSA) is 61.4 Å². The smallest absolute Gasteiger partial charge is 0.279 e. The zero-order valence-electron chi connectivity index (χ0n) is 12.8. The van der Waals surface area contributed by atoms with Crippen LogP contribution in [0.3, 0.4) is 0 Å². The molecule has 1 aliphatic heterocycles. The van der Waals surface area contributed by atoms with E-state index in [1.807, 2.05) is 6.92 Å². The maximum atomic E-state index is 12.3. The number of hydrogen-bond acceptors (Lipinski definition) is 3. The maximum Gasteiger partial charge on any atom is 0.279 e. The van der Waals surface area contributed by atoms with E-state index in [-0.39, 0.29) is 6.04 Å². The molecule has 2 fully saturated rings. The fraction of sp³-hybridized carbons (Fsp3) is 1.00. The molecule has 2 rings (SSSR count). The molecule has 0 radical (unpaired) electrons. The van der Waals surface area contributed by atoms with Crippen molar-refractivity contribution in [3.8, 4) is 0 Å². The lowest BCUT2D eigenvalue weighted by Crippen LogP contribution is -2.48. The quantitative estimate of drug-likeness (QED) is 0.665. The van der Waals surface area contributed by atoms with Gasteiger partial charge in [-0.1, -0.05) is 6.92 Å². The molecule has 2 aliphatic rings. The highest BCUT2D eigenvalue weighted by Gasteiger charge is 2.34. The normalized spacial score (nSPS) is 23.9. The number of hydrogen-bond donors (Lipinski definition) is 2. The second-order valence-corrected chi connectivity index (χ2v) is 8.00. The van der Waals surface area contributed by atoms with Crippen LogP contribution in [0.1, 0.15) is 46.0 Å². The lowest BCUT2D eigenvalue weighted by Gasteiger charge is -2.32. The molecule has 1 heterocycles. The summed E-state index contributed by atoms with van der Waals surface area (Å²) in [5, 5.41) is 3.43. The van der Waals surface area contributed by atoms with Gasteiger partial charge in [-0.25, -0.2) is 0 Å². The molecule has 0 aromatic rings. The molecule has 0 spiro atoms. The predicted octanol–water partition coefficient (Wildman–Crippen LogP) is 1.33. The van der Waals surface area contributed by atoms with Crippen molar-refractivity contribution in [1.29, 1.82) is 0 Å². The van der Waals surface area contributed by atoms with E-state index in [1.165, 1.54) is 0 Å².